The molecule has 0 bridgehead atoms. The van der Waals surface area contributed by atoms with Gasteiger partial charge in [-0.1, -0.05) is 6.92 Å². The molecule has 0 amide bonds. The van der Waals surface area contributed by atoms with Crippen molar-refractivity contribution in [1.29, 1.82) is 0 Å². The molecule has 0 aromatic rings. The Morgan fingerprint density at radius 1 is 1.73 bits per heavy atom. The average Bonchev–Trinajstić information content (AvgIpc) is 2.46. The third-order valence-corrected chi connectivity index (χ3v) is 3.53. The van der Waals surface area contributed by atoms with Gasteiger partial charge in [0.25, 0.3) is 0 Å². The van der Waals surface area contributed by atoms with E-state index in [4.69, 9.17) is 14.5 Å². The molecule has 15 heavy (non-hydrogen) atoms. The molecule has 0 spiro atoms. The molecule has 0 aliphatic carbocycles. The minimum absolute atomic E-state index is 0.316. The molecule has 0 aromatic carbocycles. The summed E-state index contributed by atoms with van der Waals surface area (Å²) in [5.41, 5.74) is 0. The number of rotatable bonds is 4. The molecule has 2 unspecified atom stereocenters. The fourth-order valence-electron chi connectivity index (χ4n) is 1.04. The Morgan fingerprint density at radius 3 is 2.87 bits per heavy atom. The van der Waals surface area contributed by atoms with Crippen LogP contribution in [0.3, 0.4) is 0 Å². The topological polar surface area (TPSA) is 102 Å². The molecule has 1 aliphatic heterocycles. The summed E-state index contributed by atoms with van der Waals surface area (Å²) < 4.78 is 34.3. The maximum absolute atomic E-state index is 10.9. The highest BCUT2D eigenvalue weighted by atomic mass is 31.2. The highest BCUT2D eigenvalue weighted by molar-refractivity contribution is 7.55. The van der Waals surface area contributed by atoms with Crippen LogP contribution in [0.15, 0.2) is 12.0 Å². The van der Waals surface area contributed by atoms with E-state index in [0.29, 0.717) is 24.7 Å². The van der Waals surface area contributed by atoms with Crippen molar-refractivity contribution in [2.45, 2.75) is 13.3 Å². The van der Waals surface area contributed by atoms with Gasteiger partial charge in [0.05, 0.1) is 6.61 Å². The zero-order valence-electron chi connectivity index (χ0n) is 7.95. The van der Waals surface area contributed by atoms with E-state index in [-0.39, 0.29) is 0 Å². The Kier molecular flexibility index (Phi) is 4.37. The van der Waals surface area contributed by atoms with Crippen molar-refractivity contribution >= 4 is 16.1 Å². The van der Waals surface area contributed by atoms with Crippen molar-refractivity contribution < 1.29 is 32.5 Å². The molecule has 7 nitrogen and oxygen atoms in total. The lowest BCUT2D eigenvalue weighted by Crippen LogP contribution is -1.88. The monoisotopic (exact) mass is 258 g/mol. The second kappa shape index (κ2) is 5.14. The molecule has 1 rings (SSSR count). The van der Waals surface area contributed by atoms with Crippen LogP contribution in [-0.2, 0) is 22.7 Å². The third kappa shape index (κ3) is 4.82. The van der Waals surface area contributed by atoms with Crippen molar-refractivity contribution in [1.82, 2.24) is 0 Å². The van der Waals surface area contributed by atoms with Crippen LogP contribution in [0.4, 0.5) is 0 Å². The molecule has 2 N–H and O–H groups in total. The number of phosphoric ester groups is 1. The molecule has 1 heterocycles. The first-order valence-corrected chi connectivity index (χ1v) is 6.90. The third-order valence-electron chi connectivity index (χ3n) is 1.61. The number of hydrogen-bond donors (Lipinski definition) is 2. The molecule has 88 valence electrons. The average molecular weight is 258 g/mol. The minimum Gasteiger partial charge on any atom is -0.494 e. The lowest BCUT2D eigenvalue weighted by atomic mass is 10.1. The van der Waals surface area contributed by atoms with Crippen molar-refractivity contribution in [2.75, 3.05) is 6.61 Å². The largest absolute Gasteiger partial charge is 0.534 e. The summed E-state index contributed by atoms with van der Waals surface area (Å²) in [5, 5.41) is 0. The fraction of sp³-hybridized carbons (Fsp3) is 0.667. The van der Waals surface area contributed by atoms with E-state index < -0.39 is 16.1 Å². The van der Waals surface area contributed by atoms with E-state index in [1.807, 2.05) is 6.92 Å². The molecule has 0 aromatic heterocycles. The first-order chi connectivity index (χ1) is 6.89. The van der Waals surface area contributed by atoms with Gasteiger partial charge in [-0.25, -0.2) is 4.57 Å². The minimum atomic E-state index is -4.49. The number of hydrogen-bond acceptors (Lipinski definition) is 5. The number of allylic oxidation sites excluding steroid dienone is 1. The van der Waals surface area contributed by atoms with Crippen LogP contribution < -0.4 is 0 Å². The van der Waals surface area contributed by atoms with E-state index in [1.54, 1.807) is 0 Å². The van der Waals surface area contributed by atoms with Crippen LogP contribution in [0.2, 0.25) is 0 Å². The van der Waals surface area contributed by atoms with Crippen LogP contribution in [0.5, 0.6) is 0 Å². The molecule has 0 radical (unpaired) electrons. The molecule has 1 saturated heterocycles. The summed E-state index contributed by atoms with van der Waals surface area (Å²) in [5.74, 6) is 0.730. The summed E-state index contributed by atoms with van der Waals surface area (Å²) in [6.07, 6.45) is 1.53. The summed E-state index contributed by atoms with van der Waals surface area (Å²) in [6, 6.07) is 0. The van der Waals surface area contributed by atoms with Gasteiger partial charge in [-0.15, -0.1) is 0 Å². The first-order valence-electron chi connectivity index (χ1n) is 4.14. The van der Waals surface area contributed by atoms with Gasteiger partial charge < -0.3 is 14.2 Å². The maximum atomic E-state index is 10.9. The van der Waals surface area contributed by atoms with Gasteiger partial charge in [-0.2, -0.15) is 4.31 Å². The molecule has 9 heteroatoms. The predicted molar refractivity (Wildman–Crippen MR) is 51.0 cm³/mol. The Morgan fingerprint density at radius 2 is 2.40 bits per heavy atom. The van der Waals surface area contributed by atoms with Gasteiger partial charge in [0.15, 0.2) is 0 Å². The lowest BCUT2D eigenvalue weighted by Gasteiger charge is -2.07. The quantitative estimate of drug-likeness (QED) is 0.580. The summed E-state index contributed by atoms with van der Waals surface area (Å²) in [4.78, 5) is 17.2. The molecular weight excluding hydrogens is 246 g/mol. The molecule has 1 fully saturated rings. The molecule has 0 saturated carbocycles. The van der Waals surface area contributed by atoms with Crippen LogP contribution in [0.1, 0.15) is 13.3 Å². The van der Waals surface area contributed by atoms with Crippen LogP contribution in [0, 0.1) is 5.92 Å². The van der Waals surface area contributed by atoms with E-state index in [0.717, 1.165) is 6.26 Å². The van der Waals surface area contributed by atoms with Crippen LogP contribution in [0.25, 0.3) is 0 Å². The van der Waals surface area contributed by atoms with Gasteiger partial charge in [0.2, 0.25) is 0 Å². The van der Waals surface area contributed by atoms with E-state index in [2.05, 4.69) is 8.83 Å². The van der Waals surface area contributed by atoms with Crippen molar-refractivity contribution in [3.8, 4) is 0 Å². The van der Waals surface area contributed by atoms with E-state index >= 15 is 0 Å². The second-order valence-electron chi connectivity index (χ2n) is 3.14. The zero-order chi connectivity index (χ0) is 11.5. The Bertz CT molecular complexity index is 325. The number of phosphoric acid groups is 1. The Hall–Kier alpha value is -0.320. The molecular formula is C6H12O7P2. The van der Waals surface area contributed by atoms with Gasteiger partial charge in [0, 0.05) is 6.42 Å². The van der Waals surface area contributed by atoms with Crippen molar-refractivity contribution in [3.63, 3.8) is 0 Å². The van der Waals surface area contributed by atoms with Gasteiger partial charge in [-0.3, -0.25) is 9.46 Å². The smallest absolute Gasteiger partial charge is 0.494 e. The van der Waals surface area contributed by atoms with Gasteiger partial charge in [-0.05, 0) is 5.92 Å². The van der Waals surface area contributed by atoms with Crippen LogP contribution >= 0.6 is 16.1 Å². The zero-order valence-corrected chi connectivity index (χ0v) is 9.85. The Balaban J connectivity index is 2.48. The predicted octanol–water partition coefficient (Wildman–Crippen LogP) is 1.40. The fourth-order valence-corrected chi connectivity index (χ4v) is 2.25. The Labute approximate surface area is 87.2 Å². The second-order valence-corrected chi connectivity index (χ2v) is 5.55. The van der Waals surface area contributed by atoms with Gasteiger partial charge in [0.1, 0.15) is 12.0 Å². The first kappa shape index (κ1) is 12.7. The summed E-state index contributed by atoms with van der Waals surface area (Å²) in [6.45, 7) is 2.46. The highest BCUT2D eigenvalue weighted by Crippen LogP contribution is 2.51. The van der Waals surface area contributed by atoms with Crippen molar-refractivity contribution in [3.05, 3.63) is 12.0 Å². The normalized spacial score (nSPS) is 29.5. The van der Waals surface area contributed by atoms with E-state index in [9.17, 15) is 9.13 Å². The van der Waals surface area contributed by atoms with Crippen molar-refractivity contribution in [2.24, 2.45) is 5.92 Å². The number of ether oxygens (including phenoxy) is 1. The molecule has 1 aliphatic rings. The van der Waals surface area contributed by atoms with Crippen LogP contribution in [-0.4, -0.2) is 16.4 Å². The van der Waals surface area contributed by atoms with E-state index in [1.165, 1.54) is 0 Å². The van der Waals surface area contributed by atoms with Gasteiger partial charge >= 0.3 is 16.1 Å². The highest BCUT2D eigenvalue weighted by Gasteiger charge is 2.25. The summed E-state index contributed by atoms with van der Waals surface area (Å²) in [7, 11) is -8.00. The lowest BCUT2D eigenvalue weighted by molar-refractivity contribution is 0.219. The molecule has 3 atom stereocenters. The SMILES string of the molecule is C[C@@H]1CO/C(=C/OP(=O)(O)O[PH](=O)O)C1. The summed E-state index contributed by atoms with van der Waals surface area (Å²) >= 11 is 0. The standard InChI is InChI=1S/C6H12O7P2/c1-5-2-6(11-3-5)4-12-15(9,10)13-14(7)8/h4-5,14H,2-3H2,1H3,(H,7,8)(H,9,10)/b6-4+/t5-/m0/s1. The maximum Gasteiger partial charge on any atom is 0.534 e.